The summed E-state index contributed by atoms with van der Waals surface area (Å²) < 4.78 is 26.7. The molecule has 1 unspecified atom stereocenters. The minimum absolute atomic E-state index is 0.358. The highest BCUT2D eigenvalue weighted by Crippen LogP contribution is 2.30. The highest BCUT2D eigenvalue weighted by Gasteiger charge is 2.19. The molecule has 18 heavy (non-hydrogen) atoms. The van der Waals surface area contributed by atoms with Gasteiger partial charge in [0, 0.05) is 11.6 Å². The highest BCUT2D eigenvalue weighted by molar-refractivity contribution is 5.30. The van der Waals surface area contributed by atoms with Crippen LogP contribution in [0.25, 0.3) is 0 Å². The lowest BCUT2D eigenvalue weighted by Gasteiger charge is -2.20. The zero-order valence-corrected chi connectivity index (χ0v) is 10.3. The Morgan fingerprint density at radius 1 is 1.17 bits per heavy atom. The molecule has 1 aromatic carbocycles. The molecule has 0 heterocycles. The number of nitrogens with two attached hydrogens (primary N) is 1. The number of hydrogen-bond acceptors (Lipinski definition) is 2. The molecule has 1 aliphatic rings. The standard InChI is InChI=1S/C14H18F2N2/c15-11-7-8-12(13(16)9-11)14(18-17)10-5-3-1-2-4-6-10/h5,7-9,14,18H,1-4,6,17H2. The Kier molecular flexibility index (Phi) is 4.44. The van der Waals surface area contributed by atoms with Crippen molar-refractivity contribution in [3.63, 3.8) is 0 Å². The van der Waals surface area contributed by atoms with Crippen LogP contribution in [0.2, 0.25) is 0 Å². The molecule has 0 saturated carbocycles. The SMILES string of the molecule is NNC(C1=CCCCCC1)c1ccc(F)cc1F. The summed E-state index contributed by atoms with van der Waals surface area (Å²) in [6.45, 7) is 0. The third kappa shape index (κ3) is 2.94. The van der Waals surface area contributed by atoms with Crippen molar-refractivity contribution in [3.8, 4) is 0 Å². The molecule has 1 aromatic rings. The van der Waals surface area contributed by atoms with E-state index in [1.54, 1.807) is 0 Å². The van der Waals surface area contributed by atoms with Crippen molar-refractivity contribution >= 4 is 0 Å². The molecule has 2 nitrogen and oxygen atoms in total. The predicted octanol–water partition coefficient (Wildman–Crippen LogP) is 3.36. The molecule has 0 aliphatic heterocycles. The number of halogens is 2. The van der Waals surface area contributed by atoms with E-state index in [0.717, 1.165) is 37.3 Å². The maximum Gasteiger partial charge on any atom is 0.131 e. The number of hydrazine groups is 1. The molecule has 0 radical (unpaired) electrons. The van der Waals surface area contributed by atoms with Crippen LogP contribution in [0, 0.1) is 11.6 Å². The Morgan fingerprint density at radius 3 is 2.72 bits per heavy atom. The zero-order chi connectivity index (χ0) is 13.0. The predicted molar refractivity (Wildman–Crippen MR) is 67.6 cm³/mol. The van der Waals surface area contributed by atoms with Crippen LogP contribution < -0.4 is 11.3 Å². The van der Waals surface area contributed by atoms with Gasteiger partial charge in [-0.25, -0.2) is 14.2 Å². The summed E-state index contributed by atoms with van der Waals surface area (Å²) in [5.41, 5.74) is 4.15. The first-order chi connectivity index (χ1) is 8.72. The molecule has 98 valence electrons. The topological polar surface area (TPSA) is 38.0 Å². The van der Waals surface area contributed by atoms with Gasteiger partial charge >= 0.3 is 0 Å². The molecule has 4 heteroatoms. The van der Waals surface area contributed by atoms with Gasteiger partial charge in [-0.1, -0.05) is 24.1 Å². The lowest BCUT2D eigenvalue weighted by molar-refractivity contribution is 0.528. The number of allylic oxidation sites excluding steroid dienone is 1. The third-order valence-electron chi connectivity index (χ3n) is 3.39. The first kappa shape index (κ1) is 13.2. The van der Waals surface area contributed by atoms with E-state index in [2.05, 4.69) is 11.5 Å². The molecule has 0 saturated heterocycles. The minimum atomic E-state index is -0.568. The lowest BCUT2D eigenvalue weighted by Crippen LogP contribution is -2.30. The average Bonchev–Trinajstić information content (AvgIpc) is 2.62. The first-order valence-corrected chi connectivity index (χ1v) is 6.32. The number of nitrogens with one attached hydrogen (secondary N) is 1. The number of hydrogen-bond donors (Lipinski definition) is 2. The van der Waals surface area contributed by atoms with Crippen LogP contribution in [-0.2, 0) is 0 Å². The molecule has 2 rings (SSSR count). The van der Waals surface area contributed by atoms with Crippen molar-refractivity contribution in [1.29, 1.82) is 0 Å². The maximum absolute atomic E-state index is 13.8. The zero-order valence-electron chi connectivity index (χ0n) is 10.3. The summed E-state index contributed by atoms with van der Waals surface area (Å²) in [4.78, 5) is 0. The second-order valence-corrected chi connectivity index (χ2v) is 4.64. The summed E-state index contributed by atoms with van der Waals surface area (Å²) in [6.07, 6.45) is 7.46. The van der Waals surface area contributed by atoms with Crippen LogP contribution >= 0.6 is 0 Å². The van der Waals surface area contributed by atoms with E-state index in [4.69, 9.17) is 5.84 Å². The molecule has 0 amide bonds. The van der Waals surface area contributed by atoms with Gasteiger partial charge in [-0.15, -0.1) is 0 Å². The van der Waals surface area contributed by atoms with E-state index in [-0.39, 0.29) is 6.04 Å². The van der Waals surface area contributed by atoms with Crippen LogP contribution in [-0.4, -0.2) is 0 Å². The Bertz CT molecular complexity index is 443. The van der Waals surface area contributed by atoms with Gasteiger partial charge in [-0.05, 0) is 31.7 Å². The van der Waals surface area contributed by atoms with Crippen molar-refractivity contribution in [1.82, 2.24) is 5.43 Å². The molecule has 0 fully saturated rings. The Morgan fingerprint density at radius 2 is 2.00 bits per heavy atom. The van der Waals surface area contributed by atoms with Crippen LogP contribution in [0.3, 0.4) is 0 Å². The highest BCUT2D eigenvalue weighted by atomic mass is 19.1. The van der Waals surface area contributed by atoms with Crippen molar-refractivity contribution < 1.29 is 8.78 Å². The van der Waals surface area contributed by atoms with Crippen LogP contribution in [0.1, 0.15) is 43.7 Å². The van der Waals surface area contributed by atoms with Gasteiger partial charge in [0.05, 0.1) is 6.04 Å². The Hall–Kier alpha value is -1.26. The number of benzene rings is 1. The number of rotatable bonds is 3. The van der Waals surface area contributed by atoms with Crippen LogP contribution in [0.5, 0.6) is 0 Å². The normalized spacial score (nSPS) is 18.1. The van der Waals surface area contributed by atoms with Gasteiger partial charge in [-0.3, -0.25) is 5.84 Å². The third-order valence-corrected chi connectivity index (χ3v) is 3.39. The van der Waals surface area contributed by atoms with Gasteiger partial charge in [0.1, 0.15) is 11.6 Å². The summed E-state index contributed by atoms with van der Waals surface area (Å²) in [6, 6.07) is 3.27. The van der Waals surface area contributed by atoms with Crippen LogP contribution in [0.15, 0.2) is 29.8 Å². The summed E-state index contributed by atoms with van der Waals surface area (Å²) in [5.74, 6) is 4.42. The first-order valence-electron chi connectivity index (χ1n) is 6.32. The monoisotopic (exact) mass is 252 g/mol. The molecule has 0 bridgehead atoms. The summed E-state index contributed by atoms with van der Waals surface area (Å²) >= 11 is 0. The molecule has 0 aromatic heterocycles. The average molecular weight is 252 g/mol. The molecule has 3 N–H and O–H groups in total. The molecule has 1 aliphatic carbocycles. The van der Waals surface area contributed by atoms with E-state index in [9.17, 15) is 8.78 Å². The lowest BCUT2D eigenvalue weighted by atomic mass is 9.95. The van der Waals surface area contributed by atoms with Crippen molar-refractivity contribution in [3.05, 3.63) is 47.0 Å². The van der Waals surface area contributed by atoms with Crippen molar-refractivity contribution in [2.24, 2.45) is 5.84 Å². The Balaban J connectivity index is 2.29. The smallest absolute Gasteiger partial charge is 0.131 e. The van der Waals surface area contributed by atoms with Crippen molar-refractivity contribution in [2.45, 2.75) is 38.1 Å². The van der Waals surface area contributed by atoms with Gasteiger partial charge < -0.3 is 0 Å². The minimum Gasteiger partial charge on any atom is -0.271 e. The van der Waals surface area contributed by atoms with Crippen molar-refractivity contribution in [2.75, 3.05) is 0 Å². The second kappa shape index (κ2) is 6.07. The van der Waals surface area contributed by atoms with E-state index in [1.807, 2.05) is 0 Å². The van der Waals surface area contributed by atoms with Gasteiger partial charge in [-0.2, -0.15) is 0 Å². The van der Waals surface area contributed by atoms with Gasteiger partial charge in [0.2, 0.25) is 0 Å². The van der Waals surface area contributed by atoms with E-state index < -0.39 is 11.6 Å². The van der Waals surface area contributed by atoms with Gasteiger partial charge in [0.25, 0.3) is 0 Å². The van der Waals surface area contributed by atoms with Gasteiger partial charge in [0.15, 0.2) is 0 Å². The van der Waals surface area contributed by atoms with E-state index in [1.165, 1.54) is 18.6 Å². The summed E-state index contributed by atoms with van der Waals surface area (Å²) in [7, 11) is 0. The fraction of sp³-hybridized carbons (Fsp3) is 0.429. The quantitative estimate of drug-likeness (QED) is 0.492. The molecular formula is C14H18F2N2. The maximum atomic E-state index is 13.8. The molecule has 1 atom stereocenters. The van der Waals surface area contributed by atoms with Crippen LogP contribution in [0.4, 0.5) is 8.78 Å². The fourth-order valence-corrected chi connectivity index (χ4v) is 2.43. The molecule has 0 spiro atoms. The summed E-state index contributed by atoms with van der Waals surface area (Å²) in [5, 5.41) is 0. The van der Waals surface area contributed by atoms with E-state index >= 15 is 0 Å². The molecular weight excluding hydrogens is 234 g/mol. The fourth-order valence-electron chi connectivity index (χ4n) is 2.43. The second-order valence-electron chi connectivity index (χ2n) is 4.64. The Labute approximate surface area is 106 Å². The largest absolute Gasteiger partial charge is 0.271 e. The van der Waals surface area contributed by atoms with E-state index in [0.29, 0.717) is 5.56 Å².